The number of carbonyl (C=O) groups is 1. The molecule has 0 unspecified atom stereocenters. The Morgan fingerprint density at radius 1 is 1.19 bits per heavy atom. The second kappa shape index (κ2) is 5.41. The molecule has 9 heteroatoms. The first kappa shape index (κ1) is 14.2. The van der Waals surface area contributed by atoms with Crippen LogP contribution in [-0.2, 0) is 6.54 Å². The van der Waals surface area contributed by atoms with Crippen molar-refractivity contribution in [3.05, 3.63) is 68.0 Å². The van der Waals surface area contributed by atoms with Crippen molar-refractivity contribution < 1.29 is 19.7 Å². The van der Waals surface area contributed by atoms with E-state index in [1.54, 1.807) is 0 Å². The van der Waals surface area contributed by atoms with E-state index in [2.05, 4.69) is 0 Å². The number of nitro groups is 2. The first-order valence-electron chi connectivity index (χ1n) is 5.69. The number of benzene rings is 1. The molecule has 0 atom stereocenters. The van der Waals surface area contributed by atoms with Crippen molar-refractivity contribution in [2.75, 3.05) is 0 Å². The molecule has 0 aliphatic carbocycles. The van der Waals surface area contributed by atoms with E-state index in [0.717, 1.165) is 6.07 Å². The van der Waals surface area contributed by atoms with Gasteiger partial charge < -0.3 is 9.67 Å². The molecule has 0 spiro atoms. The molecule has 0 aliphatic rings. The molecule has 1 heterocycles. The summed E-state index contributed by atoms with van der Waals surface area (Å²) >= 11 is 0. The van der Waals surface area contributed by atoms with Gasteiger partial charge in [-0.15, -0.1) is 0 Å². The van der Waals surface area contributed by atoms with Gasteiger partial charge in [0, 0.05) is 24.0 Å². The normalized spacial score (nSPS) is 10.3. The van der Waals surface area contributed by atoms with Crippen LogP contribution in [0.2, 0.25) is 0 Å². The third kappa shape index (κ3) is 3.03. The fourth-order valence-corrected chi connectivity index (χ4v) is 1.83. The molecule has 1 aromatic heterocycles. The molecular formula is C12H9N3O6. The van der Waals surface area contributed by atoms with Gasteiger partial charge in [0.2, 0.25) is 0 Å². The predicted octanol–water partition coefficient (Wildman–Crippen LogP) is 2.05. The highest BCUT2D eigenvalue weighted by Crippen LogP contribution is 2.25. The van der Waals surface area contributed by atoms with Crippen LogP contribution in [0.15, 0.2) is 36.7 Å². The minimum atomic E-state index is -1.10. The van der Waals surface area contributed by atoms with Crippen LogP contribution in [0.1, 0.15) is 15.9 Å². The van der Waals surface area contributed by atoms with Gasteiger partial charge in [-0.1, -0.05) is 0 Å². The van der Waals surface area contributed by atoms with E-state index in [1.807, 2.05) is 0 Å². The van der Waals surface area contributed by atoms with Crippen LogP contribution >= 0.6 is 0 Å². The van der Waals surface area contributed by atoms with Gasteiger partial charge in [-0.25, -0.2) is 4.79 Å². The summed E-state index contributed by atoms with van der Waals surface area (Å²) in [6.45, 7) is 0.0432. The largest absolute Gasteiger partial charge is 0.478 e. The number of carboxylic acid groups (broad SMARTS) is 1. The summed E-state index contributed by atoms with van der Waals surface area (Å²) in [5, 5.41) is 30.4. The van der Waals surface area contributed by atoms with E-state index in [0.29, 0.717) is 0 Å². The second-order valence-electron chi connectivity index (χ2n) is 4.20. The molecule has 9 nitrogen and oxygen atoms in total. The highest BCUT2D eigenvalue weighted by Gasteiger charge is 2.19. The first-order chi connectivity index (χ1) is 9.88. The summed E-state index contributed by atoms with van der Waals surface area (Å²) in [5.41, 5.74) is -0.448. The SMILES string of the molecule is O=C(O)c1ccn(Cc2ccc([N+](=O)[O-])cc2[N+](=O)[O-])c1. The highest BCUT2D eigenvalue weighted by atomic mass is 16.6. The van der Waals surface area contributed by atoms with Crippen molar-refractivity contribution >= 4 is 17.3 Å². The van der Waals surface area contributed by atoms with Crippen LogP contribution in [0, 0.1) is 20.2 Å². The molecule has 0 amide bonds. The van der Waals surface area contributed by atoms with Crippen LogP contribution in [0.3, 0.4) is 0 Å². The molecular weight excluding hydrogens is 282 g/mol. The average Bonchev–Trinajstić information content (AvgIpc) is 2.87. The Bertz CT molecular complexity index is 736. The maximum atomic E-state index is 11.0. The molecule has 0 fully saturated rings. The maximum absolute atomic E-state index is 11.0. The zero-order valence-corrected chi connectivity index (χ0v) is 10.5. The number of rotatable bonds is 5. The van der Waals surface area contributed by atoms with Gasteiger partial charge in [-0.2, -0.15) is 0 Å². The predicted molar refractivity (Wildman–Crippen MR) is 70.2 cm³/mol. The lowest BCUT2D eigenvalue weighted by molar-refractivity contribution is -0.394. The number of nitro benzene ring substituents is 2. The third-order valence-electron chi connectivity index (χ3n) is 2.83. The lowest BCUT2D eigenvalue weighted by atomic mass is 10.1. The highest BCUT2D eigenvalue weighted by molar-refractivity contribution is 5.87. The monoisotopic (exact) mass is 291 g/mol. The molecule has 0 bridgehead atoms. The zero-order valence-electron chi connectivity index (χ0n) is 10.5. The lowest BCUT2D eigenvalue weighted by Gasteiger charge is -2.04. The molecule has 0 aliphatic heterocycles. The number of aromatic nitrogens is 1. The summed E-state index contributed by atoms with van der Waals surface area (Å²) in [4.78, 5) is 31.0. The van der Waals surface area contributed by atoms with Crippen LogP contribution in [-0.4, -0.2) is 25.5 Å². The van der Waals surface area contributed by atoms with Gasteiger partial charge in [0.25, 0.3) is 11.4 Å². The Balaban J connectivity index is 2.36. The first-order valence-corrected chi connectivity index (χ1v) is 5.69. The number of hydrogen-bond acceptors (Lipinski definition) is 5. The van der Waals surface area contributed by atoms with Crippen molar-refractivity contribution in [2.24, 2.45) is 0 Å². The van der Waals surface area contributed by atoms with Crippen molar-refractivity contribution in [1.82, 2.24) is 4.57 Å². The van der Waals surface area contributed by atoms with Crippen LogP contribution < -0.4 is 0 Å². The Morgan fingerprint density at radius 2 is 1.90 bits per heavy atom. The third-order valence-corrected chi connectivity index (χ3v) is 2.83. The Hall–Kier alpha value is -3.23. The molecule has 1 aromatic carbocycles. The van der Waals surface area contributed by atoms with E-state index < -0.39 is 15.8 Å². The number of nitrogens with zero attached hydrogens (tertiary/aromatic N) is 3. The van der Waals surface area contributed by atoms with Crippen LogP contribution in [0.5, 0.6) is 0 Å². The molecule has 2 rings (SSSR count). The Kier molecular flexibility index (Phi) is 3.65. The molecule has 0 radical (unpaired) electrons. The minimum Gasteiger partial charge on any atom is -0.478 e. The van der Waals surface area contributed by atoms with E-state index in [-0.39, 0.29) is 29.0 Å². The van der Waals surface area contributed by atoms with Crippen LogP contribution in [0.25, 0.3) is 0 Å². The van der Waals surface area contributed by atoms with Crippen molar-refractivity contribution in [3.8, 4) is 0 Å². The Morgan fingerprint density at radius 3 is 2.43 bits per heavy atom. The van der Waals surface area contributed by atoms with Crippen molar-refractivity contribution in [1.29, 1.82) is 0 Å². The molecule has 21 heavy (non-hydrogen) atoms. The standard InChI is InChI=1S/C12H9N3O6/c16-12(17)9-3-4-13(7-9)6-8-1-2-10(14(18)19)5-11(8)15(20)21/h1-5,7H,6H2,(H,16,17). The summed E-state index contributed by atoms with van der Waals surface area (Å²) in [6.07, 6.45) is 2.79. The summed E-state index contributed by atoms with van der Waals surface area (Å²) in [6, 6.07) is 4.71. The average molecular weight is 291 g/mol. The molecule has 0 saturated carbocycles. The van der Waals surface area contributed by atoms with Crippen molar-refractivity contribution in [3.63, 3.8) is 0 Å². The second-order valence-corrected chi connectivity index (χ2v) is 4.20. The van der Waals surface area contributed by atoms with Crippen molar-refractivity contribution in [2.45, 2.75) is 6.54 Å². The minimum absolute atomic E-state index is 0.0432. The van der Waals surface area contributed by atoms with Gasteiger partial charge >= 0.3 is 5.97 Å². The number of carboxylic acids is 1. The fraction of sp³-hybridized carbons (Fsp3) is 0.0833. The van der Waals surface area contributed by atoms with Crippen LogP contribution in [0.4, 0.5) is 11.4 Å². The van der Waals surface area contributed by atoms with Gasteiger partial charge in [-0.05, 0) is 12.1 Å². The zero-order chi connectivity index (χ0) is 15.6. The molecule has 108 valence electrons. The fourth-order valence-electron chi connectivity index (χ4n) is 1.83. The van der Waals surface area contributed by atoms with Gasteiger partial charge in [0.05, 0.1) is 28.0 Å². The Labute approximate surface area is 117 Å². The summed E-state index contributed by atoms with van der Waals surface area (Å²) in [7, 11) is 0. The summed E-state index contributed by atoms with van der Waals surface area (Å²) < 4.78 is 1.46. The molecule has 2 aromatic rings. The van der Waals surface area contributed by atoms with Gasteiger partial charge in [-0.3, -0.25) is 20.2 Å². The summed E-state index contributed by atoms with van der Waals surface area (Å²) in [5.74, 6) is -1.10. The van der Waals surface area contributed by atoms with Gasteiger partial charge in [0.15, 0.2) is 0 Å². The smallest absolute Gasteiger partial charge is 0.337 e. The number of aromatic carboxylic acids is 1. The van der Waals surface area contributed by atoms with E-state index in [1.165, 1.54) is 35.2 Å². The topological polar surface area (TPSA) is 129 Å². The molecule has 0 saturated heterocycles. The number of hydrogen-bond donors (Lipinski definition) is 1. The van der Waals surface area contributed by atoms with E-state index in [9.17, 15) is 25.0 Å². The van der Waals surface area contributed by atoms with E-state index >= 15 is 0 Å². The van der Waals surface area contributed by atoms with Gasteiger partial charge in [0.1, 0.15) is 0 Å². The number of non-ortho nitro benzene ring substituents is 1. The lowest BCUT2D eigenvalue weighted by Crippen LogP contribution is -2.03. The van der Waals surface area contributed by atoms with E-state index in [4.69, 9.17) is 5.11 Å². The quantitative estimate of drug-likeness (QED) is 0.663. The maximum Gasteiger partial charge on any atom is 0.337 e. The molecule has 1 N–H and O–H groups in total.